The van der Waals surface area contributed by atoms with Crippen molar-refractivity contribution in [2.45, 2.75) is 20.3 Å². The molecule has 0 aliphatic carbocycles. The van der Waals surface area contributed by atoms with Gasteiger partial charge in [0.2, 0.25) is 0 Å². The number of ether oxygens (including phenoxy) is 2. The Balaban J connectivity index is 2.92. The van der Waals surface area contributed by atoms with Gasteiger partial charge in [-0.2, -0.15) is 0 Å². The molecule has 16 heavy (non-hydrogen) atoms. The van der Waals surface area contributed by atoms with Crippen molar-refractivity contribution in [3.63, 3.8) is 0 Å². The zero-order chi connectivity index (χ0) is 12.0. The highest BCUT2D eigenvalue weighted by Crippen LogP contribution is 2.22. The van der Waals surface area contributed by atoms with Crippen LogP contribution in [0.3, 0.4) is 0 Å². The Morgan fingerprint density at radius 3 is 2.75 bits per heavy atom. The van der Waals surface area contributed by atoms with Crippen molar-refractivity contribution in [1.82, 2.24) is 0 Å². The Bertz CT molecular complexity index is 363. The van der Waals surface area contributed by atoms with Gasteiger partial charge in [-0.25, -0.2) is 4.79 Å². The van der Waals surface area contributed by atoms with Gasteiger partial charge in [0.25, 0.3) is 0 Å². The molecule has 0 heterocycles. The summed E-state index contributed by atoms with van der Waals surface area (Å²) in [6.07, 6.45) is 0.872. The maximum Gasteiger partial charge on any atom is 0.341 e. The average molecular weight is 223 g/mol. The minimum atomic E-state index is -0.381. The van der Waals surface area contributed by atoms with Gasteiger partial charge in [-0.05, 0) is 25.5 Å². The van der Waals surface area contributed by atoms with Gasteiger partial charge in [-0.1, -0.05) is 6.92 Å². The van der Waals surface area contributed by atoms with E-state index in [1.807, 2.05) is 6.92 Å². The van der Waals surface area contributed by atoms with E-state index in [0.29, 0.717) is 30.2 Å². The monoisotopic (exact) mass is 223 g/mol. The van der Waals surface area contributed by atoms with E-state index in [4.69, 9.17) is 15.2 Å². The number of carbonyl (C=O) groups excluding carboxylic acids is 1. The van der Waals surface area contributed by atoms with Crippen LogP contribution >= 0.6 is 0 Å². The molecular formula is C12H17NO3. The smallest absolute Gasteiger partial charge is 0.341 e. The lowest BCUT2D eigenvalue weighted by Gasteiger charge is -2.10. The second-order valence-corrected chi connectivity index (χ2v) is 3.32. The van der Waals surface area contributed by atoms with Crippen molar-refractivity contribution in [3.05, 3.63) is 23.8 Å². The highest BCUT2D eigenvalue weighted by Gasteiger charge is 2.13. The van der Waals surface area contributed by atoms with Crippen LogP contribution in [-0.2, 0) is 4.74 Å². The molecule has 88 valence electrons. The minimum Gasteiger partial charge on any atom is -0.493 e. The Kier molecular flexibility index (Phi) is 4.64. The number of esters is 1. The van der Waals surface area contributed by atoms with Crippen LogP contribution in [0.1, 0.15) is 30.6 Å². The number of nitrogen functional groups attached to an aromatic ring is 1. The zero-order valence-electron chi connectivity index (χ0n) is 9.66. The van der Waals surface area contributed by atoms with Crippen LogP contribution in [0.5, 0.6) is 5.75 Å². The maximum atomic E-state index is 11.6. The van der Waals surface area contributed by atoms with Crippen LogP contribution in [0.15, 0.2) is 18.2 Å². The third kappa shape index (κ3) is 3.15. The van der Waals surface area contributed by atoms with E-state index in [1.165, 1.54) is 0 Å². The molecule has 0 fully saturated rings. The highest BCUT2D eigenvalue weighted by atomic mass is 16.5. The Labute approximate surface area is 95.3 Å². The lowest BCUT2D eigenvalue weighted by molar-refractivity contribution is 0.0521. The van der Waals surface area contributed by atoms with Crippen molar-refractivity contribution in [1.29, 1.82) is 0 Å². The fourth-order valence-corrected chi connectivity index (χ4v) is 1.25. The maximum absolute atomic E-state index is 11.6. The van der Waals surface area contributed by atoms with Crippen molar-refractivity contribution in [2.24, 2.45) is 0 Å². The molecule has 0 spiro atoms. The predicted octanol–water partition coefficient (Wildman–Crippen LogP) is 2.23. The fraction of sp³-hybridized carbons (Fsp3) is 0.417. The highest BCUT2D eigenvalue weighted by molar-refractivity contribution is 5.93. The number of hydrogen-bond donors (Lipinski definition) is 1. The summed E-state index contributed by atoms with van der Waals surface area (Å²) in [5, 5.41) is 0. The Morgan fingerprint density at radius 2 is 2.12 bits per heavy atom. The summed E-state index contributed by atoms with van der Waals surface area (Å²) < 4.78 is 10.4. The van der Waals surface area contributed by atoms with Gasteiger partial charge in [0, 0.05) is 11.8 Å². The van der Waals surface area contributed by atoms with E-state index < -0.39 is 0 Å². The summed E-state index contributed by atoms with van der Waals surface area (Å²) in [7, 11) is 0. The molecule has 0 bridgehead atoms. The molecule has 0 saturated heterocycles. The molecule has 1 aromatic rings. The first-order chi connectivity index (χ1) is 7.69. The van der Waals surface area contributed by atoms with E-state index in [0.717, 1.165) is 6.42 Å². The second kappa shape index (κ2) is 6.00. The Hall–Kier alpha value is -1.71. The number of hydrogen-bond acceptors (Lipinski definition) is 4. The van der Waals surface area contributed by atoms with Crippen molar-refractivity contribution in [2.75, 3.05) is 18.9 Å². The van der Waals surface area contributed by atoms with Gasteiger partial charge < -0.3 is 15.2 Å². The molecule has 1 rings (SSSR count). The van der Waals surface area contributed by atoms with E-state index in [2.05, 4.69) is 0 Å². The number of carbonyl (C=O) groups is 1. The van der Waals surface area contributed by atoms with Crippen LogP contribution in [-0.4, -0.2) is 19.2 Å². The number of benzene rings is 1. The fourth-order valence-electron chi connectivity index (χ4n) is 1.25. The molecule has 2 N–H and O–H groups in total. The van der Waals surface area contributed by atoms with Crippen molar-refractivity contribution < 1.29 is 14.3 Å². The molecule has 0 aromatic heterocycles. The minimum absolute atomic E-state index is 0.344. The summed E-state index contributed by atoms with van der Waals surface area (Å²) in [5.41, 5.74) is 6.63. The zero-order valence-corrected chi connectivity index (χ0v) is 9.66. The summed E-state index contributed by atoms with van der Waals surface area (Å²) in [6.45, 7) is 4.66. The first-order valence-electron chi connectivity index (χ1n) is 5.38. The molecule has 1 aromatic carbocycles. The van der Waals surface area contributed by atoms with Gasteiger partial charge in [0.1, 0.15) is 11.3 Å². The van der Waals surface area contributed by atoms with Crippen LogP contribution in [0.2, 0.25) is 0 Å². The van der Waals surface area contributed by atoms with Crippen LogP contribution in [0.4, 0.5) is 5.69 Å². The Morgan fingerprint density at radius 1 is 1.38 bits per heavy atom. The molecule has 0 aliphatic rings. The van der Waals surface area contributed by atoms with Crippen LogP contribution < -0.4 is 10.5 Å². The van der Waals surface area contributed by atoms with Gasteiger partial charge in [0.05, 0.1) is 13.2 Å². The normalized spacial score (nSPS) is 9.88. The topological polar surface area (TPSA) is 61.5 Å². The van der Waals surface area contributed by atoms with Gasteiger partial charge >= 0.3 is 5.97 Å². The average Bonchev–Trinajstić information content (AvgIpc) is 2.26. The summed E-state index contributed by atoms with van der Waals surface area (Å²) in [5.74, 6) is 0.105. The van der Waals surface area contributed by atoms with E-state index in [-0.39, 0.29) is 5.97 Å². The van der Waals surface area contributed by atoms with E-state index in [1.54, 1.807) is 25.1 Å². The number of rotatable bonds is 5. The predicted molar refractivity (Wildman–Crippen MR) is 62.6 cm³/mol. The van der Waals surface area contributed by atoms with Crippen molar-refractivity contribution >= 4 is 11.7 Å². The van der Waals surface area contributed by atoms with Crippen molar-refractivity contribution in [3.8, 4) is 5.75 Å². The molecule has 0 atom stereocenters. The second-order valence-electron chi connectivity index (χ2n) is 3.32. The molecule has 0 aliphatic heterocycles. The first kappa shape index (κ1) is 12.4. The summed E-state index contributed by atoms with van der Waals surface area (Å²) in [6, 6.07) is 4.92. The standard InChI is InChI=1S/C12H17NO3/c1-3-7-16-11-8-9(13)5-6-10(11)12(14)15-4-2/h5-6,8H,3-4,7,13H2,1-2H3. The third-order valence-corrected chi connectivity index (χ3v) is 1.96. The quantitative estimate of drug-likeness (QED) is 0.614. The molecule has 0 amide bonds. The summed E-state index contributed by atoms with van der Waals surface area (Å²) in [4.78, 5) is 11.6. The van der Waals surface area contributed by atoms with E-state index in [9.17, 15) is 4.79 Å². The van der Waals surface area contributed by atoms with Gasteiger partial charge in [0.15, 0.2) is 0 Å². The molecular weight excluding hydrogens is 206 g/mol. The van der Waals surface area contributed by atoms with Gasteiger partial charge in [-0.15, -0.1) is 0 Å². The van der Waals surface area contributed by atoms with Crippen LogP contribution in [0, 0.1) is 0 Å². The van der Waals surface area contributed by atoms with Crippen LogP contribution in [0.25, 0.3) is 0 Å². The molecule has 4 heteroatoms. The third-order valence-electron chi connectivity index (χ3n) is 1.96. The molecule has 0 radical (unpaired) electrons. The van der Waals surface area contributed by atoms with E-state index >= 15 is 0 Å². The lowest BCUT2D eigenvalue weighted by Crippen LogP contribution is -2.08. The molecule has 4 nitrogen and oxygen atoms in total. The SMILES string of the molecule is CCCOc1cc(N)ccc1C(=O)OCC. The van der Waals surface area contributed by atoms with Gasteiger partial charge in [-0.3, -0.25) is 0 Å². The first-order valence-corrected chi connectivity index (χ1v) is 5.38. The summed E-state index contributed by atoms with van der Waals surface area (Å²) >= 11 is 0. The molecule has 0 saturated carbocycles. The number of nitrogens with two attached hydrogens (primary N) is 1. The number of anilines is 1. The lowest BCUT2D eigenvalue weighted by atomic mass is 10.2. The molecule has 0 unspecified atom stereocenters. The largest absolute Gasteiger partial charge is 0.493 e.